The summed E-state index contributed by atoms with van der Waals surface area (Å²) in [5.41, 5.74) is 0.692. The van der Waals surface area contributed by atoms with E-state index in [0.717, 1.165) is 4.90 Å². The summed E-state index contributed by atoms with van der Waals surface area (Å²) in [6.07, 6.45) is 1.59. The Bertz CT molecular complexity index is 879. The molecule has 2 aromatic carbocycles. The van der Waals surface area contributed by atoms with Gasteiger partial charge in [-0.3, -0.25) is 9.36 Å². The highest BCUT2D eigenvalue weighted by Crippen LogP contribution is 2.29. The summed E-state index contributed by atoms with van der Waals surface area (Å²) in [5, 5.41) is 1.95. The highest BCUT2D eigenvalue weighted by molar-refractivity contribution is 7.99. The fourth-order valence-electron chi connectivity index (χ4n) is 2.11. The molecule has 0 aliphatic carbocycles. The van der Waals surface area contributed by atoms with Crippen molar-refractivity contribution < 1.29 is 0 Å². The molecule has 0 radical (unpaired) electrons. The standard InChI is InChI=1S/C16H12Cl2N2OS/c17-11-5-6-13(18)15(9-11)22-8-7-20-10-19-14-4-2-1-3-12(14)16(20)21/h1-6,9-10H,7-8H2. The highest BCUT2D eigenvalue weighted by Gasteiger charge is 2.05. The fraction of sp³-hybridized carbons (Fsp3) is 0.125. The molecule has 1 aromatic heterocycles. The van der Waals surface area contributed by atoms with Crippen LogP contribution in [0.2, 0.25) is 10.0 Å². The Morgan fingerprint density at radius 2 is 1.95 bits per heavy atom. The van der Waals surface area contributed by atoms with Crippen molar-refractivity contribution in [2.75, 3.05) is 5.75 Å². The van der Waals surface area contributed by atoms with Crippen LogP contribution in [0.5, 0.6) is 0 Å². The van der Waals surface area contributed by atoms with Crippen molar-refractivity contribution in [2.24, 2.45) is 0 Å². The number of halogens is 2. The van der Waals surface area contributed by atoms with Gasteiger partial charge in [-0.1, -0.05) is 35.3 Å². The number of aromatic nitrogens is 2. The van der Waals surface area contributed by atoms with Gasteiger partial charge in [-0.05, 0) is 30.3 Å². The van der Waals surface area contributed by atoms with E-state index in [4.69, 9.17) is 23.2 Å². The molecule has 0 bridgehead atoms. The number of rotatable bonds is 4. The van der Waals surface area contributed by atoms with E-state index in [-0.39, 0.29) is 5.56 Å². The summed E-state index contributed by atoms with van der Waals surface area (Å²) in [6, 6.07) is 12.7. The molecule has 3 rings (SSSR count). The van der Waals surface area contributed by atoms with E-state index in [2.05, 4.69) is 4.98 Å². The summed E-state index contributed by atoms with van der Waals surface area (Å²) >= 11 is 13.7. The molecule has 3 nitrogen and oxygen atoms in total. The van der Waals surface area contributed by atoms with E-state index in [1.807, 2.05) is 24.3 Å². The SMILES string of the molecule is O=c1c2ccccc2ncn1CCSc1cc(Cl)ccc1Cl. The normalized spacial score (nSPS) is 11.0. The van der Waals surface area contributed by atoms with E-state index in [0.29, 0.717) is 33.2 Å². The van der Waals surface area contributed by atoms with Gasteiger partial charge in [0.25, 0.3) is 5.56 Å². The molecular formula is C16H12Cl2N2OS. The molecule has 0 fully saturated rings. The molecular weight excluding hydrogens is 339 g/mol. The van der Waals surface area contributed by atoms with Gasteiger partial charge in [-0.2, -0.15) is 0 Å². The second-order valence-corrected chi connectivity index (χ2v) is 6.66. The molecule has 0 spiro atoms. The molecule has 0 atom stereocenters. The average Bonchev–Trinajstić information content (AvgIpc) is 2.53. The summed E-state index contributed by atoms with van der Waals surface area (Å²) in [4.78, 5) is 17.6. The van der Waals surface area contributed by atoms with Crippen molar-refractivity contribution >= 4 is 45.9 Å². The maximum absolute atomic E-state index is 12.4. The van der Waals surface area contributed by atoms with Crippen molar-refractivity contribution in [1.82, 2.24) is 9.55 Å². The molecule has 3 aromatic rings. The second-order valence-electron chi connectivity index (χ2n) is 4.68. The summed E-state index contributed by atoms with van der Waals surface area (Å²) < 4.78 is 1.62. The number of para-hydroxylation sites is 1. The predicted molar refractivity (Wildman–Crippen MR) is 93.2 cm³/mol. The molecule has 112 valence electrons. The zero-order chi connectivity index (χ0) is 15.5. The maximum atomic E-state index is 12.4. The summed E-state index contributed by atoms with van der Waals surface area (Å²) in [7, 11) is 0. The van der Waals surface area contributed by atoms with Crippen LogP contribution in [-0.2, 0) is 6.54 Å². The Balaban J connectivity index is 1.76. The van der Waals surface area contributed by atoms with Gasteiger partial charge in [-0.15, -0.1) is 11.8 Å². The zero-order valence-corrected chi connectivity index (χ0v) is 13.8. The van der Waals surface area contributed by atoms with Crippen LogP contribution in [0.3, 0.4) is 0 Å². The fourth-order valence-corrected chi connectivity index (χ4v) is 3.55. The van der Waals surface area contributed by atoms with Crippen molar-refractivity contribution in [3.63, 3.8) is 0 Å². The van der Waals surface area contributed by atoms with E-state index in [1.165, 1.54) is 0 Å². The molecule has 0 saturated carbocycles. The molecule has 1 heterocycles. The Kier molecular flexibility index (Phi) is 4.71. The lowest BCUT2D eigenvalue weighted by Crippen LogP contribution is -2.21. The third-order valence-electron chi connectivity index (χ3n) is 3.21. The van der Waals surface area contributed by atoms with Gasteiger partial charge >= 0.3 is 0 Å². The van der Waals surface area contributed by atoms with Gasteiger partial charge in [0.05, 0.1) is 22.3 Å². The topological polar surface area (TPSA) is 34.9 Å². The molecule has 0 amide bonds. The number of benzene rings is 2. The minimum absolute atomic E-state index is 0.0246. The van der Waals surface area contributed by atoms with Gasteiger partial charge in [0.2, 0.25) is 0 Å². The number of fused-ring (bicyclic) bond motifs is 1. The predicted octanol–water partition coefficient (Wildman–Crippen LogP) is 4.50. The molecule has 0 saturated heterocycles. The third-order valence-corrected chi connectivity index (χ3v) is 4.93. The van der Waals surface area contributed by atoms with Gasteiger partial charge in [0.15, 0.2) is 0 Å². The minimum atomic E-state index is -0.0246. The number of nitrogens with zero attached hydrogens (tertiary/aromatic N) is 2. The van der Waals surface area contributed by atoms with E-state index < -0.39 is 0 Å². The molecule has 22 heavy (non-hydrogen) atoms. The van der Waals surface area contributed by atoms with E-state index in [9.17, 15) is 4.79 Å². The van der Waals surface area contributed by atoms with E-state index >= 15 is 0 Å². The monoisotopic (exact) mass is 350 g/mol. The quantitative estimate of drug-likeness (QED) is 0.650. The lowest BCUT2D eigenvalue weighted by Gasteiger charge is -2.07. The molecule has 0 aliphatic heterocycles. The Morgan fingerprint density at radius 1 is 1.14 bits per heavy atom. The highest BCUT2D eigenvalue weighted by atomic mass is 35.5. The first kappa shape index (κ1) is 15.4. The van der Waals surface area contributed by atoms with Crippen molar-refractivity contribution in [2.45, 2.75) is 11.4 Å². The summed E-state index contributed by atoms with van der Waals surface area (Å²) in [6.45, 7) is 0.560. The molecule has 0 unspecified atom stereocenters. The first-order chi connectivity index (χ1) is 10.6. The Morgan fingerprint density at radius 3 is 2.82 bits per heavy atom. The van der Waals surface area contributed by atoms with Crippen LogP contribution in [0.1, 0.15) is 0 Å². The zero-order valence-electron chi connectivity index (χ0n) is 11.5. The Labute approximate surface area is 141 Å². The molecule has 6 heteroatoms. The van der Waals surface area contributed by atoms with Crippen molar-refractivity contribution in [3.05, 3.63) is 69.2 Å². The molecule has 0 N–H and O–H groups in total. The maximum Gasteiger partial charge on any atom is 0.261 e. The third kappa shape index (κ3) is 3.29. The lowest BCUT2D eigenvalue weighted by atomic mass is 10.2. The van der Waals surface area contributed by atoms with Crippen LogP contribution in [0.4, 0.5) is 0 Å². The van der Waals surface area contributed by atoms with Crippen molar-refractivity contribution in [1.29, 1.82) is 0 Å². The lowest BCUT2D eigenvalue weighted by molar-refractivity contribution is 0.725. The smallest absolute Gasteiger partial charge is 0.261 e. The second kappa shape index (κ2) is 6.73. The van der Waals surface area contributed by atoms with Crippen LogP contribution in [0, 0.1) is 0 Å². The number of hydrogen-bond acceptors (Lipinski definition) is 3. The Hall–Kier alpha value is -1.49. The van der Waals surface area contributed by atoms with Gasteiger partial charge < -0.3 is 0 Å². The van der Waals surface area contributed by atoms with Crippen LogP contribution in [0.25, 0.3) is 10.9 Å². The van der Waals surface area contributed by atoms with Crippen LogP contribution in [0.15, 0.2) is 58.5 Å². The van der Waals surface area contributed by atoms with Crippen LogP contribution < -0.4 is 5.56 Å². The number of thioether (sulfide) groups is 1. The van der Waals surface area contributed by atoms with Crippen molar-refractivity contribution in [3.8, 4) is 0 Å². The van der Waals surface area contributed by atoms with Gasteiger partial charge in [0, 0.05) is 22.2 Å². The molecule has 0 aliphatic rings. The first-order valence-electron chi connectivity index (χ1n) is 6.67. The van der Waals surface area contributed by atoms with E-state index in [1.54, 1.807) is 40.9 Å². The minimum Gasteiger partial charge on any atom is -0.298 e. The first-order valence-corrected chi connectivity index (χ1v) is 8.41. The largest absolute Gasteiger partial charge is 0.298 e. The number of aryl methyl sites for hydroxylation is 1. The van der Waals surface area contributed by atoms with Gasteiger partial charge in [0.1, 0.15) is 0 Å². The van der Waals surface area contributed by atoms with Gasteiger partial charge in [-0.25, -0.2) is 4.98 Å². The average molecular weight is 351 g/mol. The van der Waals surface area contributed by atoms with Crippen LogP contribution >= 0.6 is 35.0 Å². The summed E-state index contributed by atoms with van der Waals surface area (Å²) in [5.74, 6) is 0.708. The number of hydrogen-bond donors (Lipinski definition) is 0. The van der Waals surface area contributed by atoms with Crippen LogP contribution in [-0.4, -0.2) is 15.3 Å².